The van der Waals surface area contributed by atoms with Crippen LogP contribution in [0.3, 0.4) is 0 Å². The number of nitrogens with one attached hydrogen (secondary N) is 1. The highest BCUT2D eigenvalue weighted by atomic mass is 35.5. The van der Waals surface area contributed by atoms with Gasteiger partial charge in [-0.25, -0.2) is 0 Å². The maximum Gasteiger partial charge on any atom is 0.265 e. The van der Waals surface area contributed by atoms with Gasteiger partial charge in [0.15, 0.2) is 11.9 Å². The van der Waals surface area contributed by atoms with Crippen LogP contribution in [-0.4, -0.2) is 17.8 Å². The highest BCUT2D eigenvalue weighted by Gasteiger charge is 2.22. The number of carbonyl (C=O) groups is 2. The molecule has 0 spiro atoms. The molecule has 0 unspecified atom stereocenters. The van der Waals surface area contributed by atoms with Crippen molar-refractivity contribution in [1.29, 1.82) is 0 Å². The van der Waals surface area contributed by atoms with Gasteiger partial charge in [-0.1, -0.05) is 61.0 Å². The van der Waals surface area contributed by atoms with Gasteiger partial charge < -0.3 is 10.1 Å². The van der Waals surface area contributed by atoms with Crippen LogP contribution in [0, 0.1) is 13.8 Å². The van der Waals surface area contributed by atoms with Gasteiger partial charge in [0.2, 0.25) is 0 Å². The predicted octanol–water partition coefficient (Wildman–Crippen LogP) is 5.98. The molecule has 0 aromatic heterocycles. The van der Waals surface area contributed by atoms with Crippen molar-refractivity contribution in [3.63, 3.8) is 0 Å². The van der Waals surface area contributed by atoms with Crippen LogP contribution in [0.25, 0.3) is 0 Å². The van der Waals surface area contributed by atoms with E-state index in [4.69, 9.17) is 16.3 Å². The van der Waals surface area contributed by atoms with Crippen molar-refractivity contribution in [1.82, 2.24) is 0 Å². The number of ether oxygens (including phenoxy) is 1. The third-order valence-corrected chi connectivity index (χ3v) is 5.24. The Hall–Kier alpha value is -3.11. The molecular formula is C25H24ClNO3. The topological polar surface area (TPSA) is 55.4 Å². The van der Waals surface area contributed by atoms with E-state index in [0.29, 0.717) is 34.0 Å². The second-order valence-corrected chi connectivity index (χ2v) is 7.52. The SMILES string of the molecule is CC[C@@H](Oc1cccc(C)c1C)C(=O)Nc1ccc(Cl)cc1C(=O)c1ccccc1. The fourth-order valence-corrected chi connectivity index (χ4v) is 3.27. The van der Waals surface area contributed by atoms with E-state index >= 15 is 0 Å². The Kier molecular flexibility index (Phi) is 6.91. The highest BCUT2D eigenvalue weighted by Crippen LogP contribution is 2.26. The van der Waals surface area contributed by atoms with Gasteiger partial charge >= 0.3 is 0 Å². The number of aryl methyl sites for hydroxylation is 1. The fraction of sp³-hybridized carbons (Fsp3) is 0.200. The lowest BCUT2D eigenvalue weighted by molar-refractivity contribution is -0.122. The van der Waals surface area contributed by atoms with Crippen molar-refractivity contribution in [2.24, 2.45) is 0 Å². The molecule has 0 aliphatic heterocycles. The molecule has 5 heteroatoms. The van der Waals surface area contributed by atoms with Crippen molar-refractivity contribution in [2.45, 2.75) is 33.3 Å². The molecule has 0 heterocycles. The van der Waals surface area contributed by atoms with Crippen molar-refractivity contribution in [3.8, 4) is 5.75 Å². The molecule has 30 heavy (non-hydrogen) atoms. The van der Waals surface area contributed by atoms with Crippen LogP contribution < -0.4 is 10.1 Å². The minimum Gasteiger partial charge on any atom is -0.480 e. The smallest absolute Gasteiger partial charge is 0.265 e. The van der Waals surface area contributed by atoms with Gasteiger partial charge in [0.05, 0.1) is 5.69 Å². The number of halogens is 1. The number of anilines is 1. The lowest BCUT2D eigenvalue weighted by Gasteiger charge is -2.20. The molecule has 3 aromatic carbocycles. The van der Waals surface area contributed by atoms with Crippen LogP contribution in [-0.2, 0) is 4.79 Å². The van der Waals surface area contributed by atoms with E-state index in [0.717, 1.165) is 11.1 Å². The summed E-state index contributed by atoms with van der Waals surface area (Å²) in [4.78, 5) is 25.9. The van der Waals surface area contributed by atoms with E-state index in [-0.39, 0.29) is 11.7 Å². The third kappa shape index (κ3) is 4.89. The first-order chi connectivity index (χ1) is 14.4. The number of hydrogen-bond donors (Lipinski definition) is 1. The van der Waals surface area contributed by atoms with Gasteiger partial charge in [-0.05, 0) is 55.7 Å². The van der Waals surface area contributed by atoms with Crippen LogP contribution in [0.4, 0.5) is 5.69 Å². The molecule has 1 atom stereocenters. The first-order valence-corrected chi connectivity index (χ1v) is 10.2. The number of hydrogen-bond acceptors (Lipinski definition) is 3. The predicted molar refractivity (Wildman–Crippen MR) is 121 cm³/mol. The lowest BCUT2D eigenvalue weighted by Crippen LogP contribution is -2.33. The Morgan fingerprint density at radius 2 is 1.73 bits per heavy atom. The van der Waals surface area contributed by atoms with Crippen LogP contribution in [0.2, 0.25) is 5.02 Å². The number of rotatable bonds is 7. The molecular weight excluding hydrogens is 398 g/mol. The molecule has 0 saturated heterocycles. The summed E-state index contributed by atoms with van der Waals surface area (Å²) in [6.07, 6.45) is -0.213. The molecule has 0 saturated carbocycles. The lowest BCUT2D eigenvalue weighted by atomic mass is 10.0. The average Bonchev–Trinajstić information content (AvgIpc) is 2.76. The maximum atomic E-state index is 13.0. The van der Waals surface area contributed by atoms with Gasteiger partial charge in [-0.2, -0.15) is 0 Å². The zero-order valence-electron chi connectivity index (χ0n) is 17.2. The molecule has 0 aliphatic rings. The van der Waals surface area contributed by atoms with Gasteiger partial charge in [0, 0.05) is 16.1 Å². The molecule has 0 bridgehead atoms. The summed E-state index contributed by atoms with van der Waals surface area (Å²) in [6, 6.07) is 19.5. The van der Waals surface area contributed by atoms with Gasteiger partial charge in [-0.15, -0.1) is 0 Å². The number of amides is 1. The van der Waals surface area contributed by atoms with E-state index < -0.39 is 6.10 Å². The minimum absolute atomic E-state index is 0.211. The molecule has 1 N–H and O–H groups in total. The van der Waals surface area contributed by atoms with Crippen LogP contribution >= 0.6 is 11.6 Å². The summed E-state index contributed by atoms with van der Waals surface area (Å²) in [7, 11) is 0. The Labute approximate surface area is 181 Å². The second-order valence-electron chi connectivity index (χ2n) is 7.09. The first-order valence-electron chi connectivity index (χ1n) is 9.83. The standard InChI is InChI=1S/C25H24ClNO3/c1-4-22(30-23-12-8-9-16(2)17(23)3)25(29)27-21-14-13-19(26)15-20(21)24(28)18-10-6-5-7-11-18/h5-15,22H,4H2,1-3H3,(H,27,29)/t22-/m1/s1. The maximum absolute atomic E-state index is 13.0. The van der Waals surface area contributed by atoms with Crippen molar-refractivity contribution >= 4 is 29.0 Å². The summed E-state index contributed by atoms with van der Waals surface area (Å²) < 4.78 is 5.99. The van der Waals surface area contributed by atoms with Gasteiger partial charge in [0.1, 0.15) is 5.75 Å². The van der Waals surface area contributed by atoms with E-state index in [2.05, 4.69) is 5.32 Å². The van der Waals surface area contributed by atoms with E-state index in [9.17, 15) is 9.59 Å². The van der Waals surface area contributed by atoms with Gasteiger partial charge in [0.25, 0.3) is 5.91 Å². The molecule has 0 fully saturated rings. The summed E-state index contributed by atoms with van der Waals surface area (Å²) in [5, 5.41) is 3.27. The highest BCUT2D eigenvalue weighted by molar-refractivity contribution is 6.31. The third-order valence-electron chi connectivity index (χ3n) is 5.01. The normalized spacial score (nSPS) is 11.6. The molecule has 0 aliphatic carbocycles. The summed E-state index contributed by atoms with van der Waals surface area (Å²) in [5.74, 6) is 0.147. The number of benzene rings is 3. The van der Waals surface area contributed by atoms with Crippen molar-refractivity contribution in [3.05, 3.63) is 94.0 Å². The Morgan fingerprint density at radius 1 is 1.00 bits per heavy atom. The molecule has 3 aromatic rings. The van der Waals surface area contributed by atoms with Crippen molar-refractivity contribution in [2.75, 3.05) is 5.32 Å². The Balaban J connectivity index is 1.85. The Bertz CT molecular complexity index is 1060. The van der Waals surface area contributed by atoms with E-state index in [1.54, 1.807) is 42.5 Å². The zero-order chi connectivity index (χ0) is 21.7. The van der Waals surface area contributed by atoms with Crippen molar-refractivity contribution < 1.29 is 14.3 Å². The summed E-state index contributed by atoms with van der Waals surface area (Å²) >= 11 is 6.12. The average molecular weight is 422 g/mol. The largest absolute Gasteiger partial charge is 0.480 e. The molecule has 154 valence electrons. The molecule has 4 nitrogen and oxygen atoms in total. The van der Waals surface area contributed by atoms with Gasteiger partial charge in [-0.3, -0.25) is 9.59 Å². The monoisotopic (exact) mass is 421 g/mol. The fourth-order valence-electron chi connectivity index (χ4n) is 3.10. The van der Waals surface area contributed by atoms with Crippen LogP contribution in [0.5, 0.6) is 5.75 Å². The summed E-state index contributed by atoms with van der Waals surface area (Å²) in [5.41, 5.74) is 3.35. The first kappa shape index (κ1) is 21.6. The van der Waals surface area contributed by atoms with E-state index in [1.165, 1.54) is 0 Å². The van der Waals surface area contributed by atoms with Crippen LogP contribution in [0.1, 0.15) is 40.4 Å². The number of ketones is 1. The number of carbonyl (C=O) groups excluding carboxylic acids is 2. The minimum atomic E-state index is -0.694. The molecule has 3 rings (SSSR count). The van der Waals surface area contributed by atoms with Crippen LogP contribution in [0.15, 0.2) is 66.7 Å². The quantitative estimate of drug-likeness (QED) is 0.477. The summed E-state index contributed by atoms with van der Waals surface area (Å²) in [6.45, 7) is 5.84. The molecule has 1 amide bonds. The second kappa shape index (κ2) is 9.59. The Morgan fingerprint density at radius 3 is 2.43 bits per heavy atom. The zero-order valence-corrected chi connectivity index (χ0v) is 18.0. The van der Waals surface area contributed by atoms with E-state index in [1.807, 2.05) is 45.0 Å². The molecule has 0 radical (unpaired) electrons.